The van der Waals surface area contributed by atoms with Gasteiger partial charge in [-0.25, -0.2) is 0 Å². The summed E-state index contributed by atoms with van der Waals surface area (Å²) in [6.07, 6.45) is 2.30. The second kappa shape index (κ2) is 5.96. The summed E-state index contributed by atoms with van der Waals surface area (Å²) in [5.74, 6) is 0.999. The fraction of sp³-hybridized carbons (Fsp3) is 0.200. The predicted octanol–water partition coefficient (Wildman–Crippen LogP) is 4.37. The number of carbonyl (C=O) groups excluding carboxylic acids is 1. The first-order chi connectivity index (χ1) is 11.8. The minimum absolute atomic E-state index is 0.139. The number of benzene rings is 2. The minimum Gasteiger partial charge on any atom is -0.495 e. The molecule has 0 aliphatic heterocycles. The summed E-state index contributed by atoms with van der Waals surface area (Å²) in [5, 5.41) is 3.83. The van der Waals surface area contributed by atoms with E-state index >= 15 is 0 Å². The number of aromatic nitrogens is 1. The highest BCUT2D eigenvalue weighted by atomic mass is 16.5. The largest absolute Gasteiger partial charge is 0.495 e. The maximum Gasteiger partial charge on any atom is 0.256 e. The van der Waals surface area contributed by atoms with Crippen LogP contribution in [0.1, 0.15) is 34.8 Å². The SMILES string of the molecule is COc1ccccc1NC(=O)c1cc(C2CC2)nc2ccccc12. The van der Waals surface area contributed by atoms with Crippen LogP contribution >= 0.6 is 0 Å². The number of para-hydroxylation sites is 3. The van der Waals surface area contributed by atoms with E-state index in [1.807, 2.05) is 54.6 Å². The number of rotatable bonds is 4. The van der Waals surface area contributed by atoms with Gasteiger partial charge in [0.1, 0.15) is 5.75 Å². The zero-order valence-electron chi connectivity index (χ0n) is 13.5. The van der Waals surface area contributed by atoms with Gasteiger partial charge < -0.3 is 10.1 Å². The number of anilines is 1. The molecule has 1 aromatic heterocycles. The molecule has 1 aliphatic carbocycles. The van der Waals surface area contributed by atoms with E-state index in [1.54, 1.807) is 7.11 Å². The highest BCUT2D eigenvalue weighted by Crippen LogP contribution is 2.40. The Balaban J connectivity index is 1.76. The van der Waals surface area contributed by atoms with Gasteiger partial charge >= 0.3 is 0 Å². The van der Waals surface area contributed by atoms with Gasteiger partial charge in [0.2, 0.25) is 0 Å². The van der Waals surface area contributed by atoms with Crippen LogP contribution in [0, 0.1) is 0 Å². The second-order valence-electron chi connectivity index (χ2n) is 6.04. The van der Waals surface area contributed by atoms with Crippen molar-refractivity contribution in [1.29, 1.82) is 0 Å². The number of nitrogens with zero attached hydrogens (tertiary/aromatic N) is 1. The van der Waals surface area contributed by atoms with Crippen molar-refractivity contribution in [1.82, 2.24) is 4.98 Å². The molecule has 0 saturated heterocycles. The van der Waals surface area contributed by atoms with Crippen molar-refractivity contribution in [3.8, 4) is 5.75 Å². The molecule has 1 aliphatic rings. The van der Waals surface area contributed by atoms with E-state index in [9.17, 15) is 4.79 Å². The van der Waals surface area contributed by atoms with Crippen molar-refractivity contribution in [2.75, 3.05) is 12.4 Å². The molecule has 0 spiro atoms. The molecule has 0 radical (unpaired) electrons. The van der Waals surface area contributed by atoms with Gasteiger partial charge in [0.05, 0.1) is 23.9 Å². The van der Waals surface area contributed by atoms with Gasteiger partial charge in [-0.15, -0.1) is 0 Å². The molecule has 3 aromatic rings. The van der Waals surface area contributed by atoms with Crippen molar-refractivity contribution in [3.05, 3.63) is 65.9 Å². The number of hydrogen-bond donors (Lipinski definition) is 1. The van der Waals surface area contributed by atoms with E-state index in [1.165, 1.54) is 0 Å². The lowest BCUT2D eigenvalue weighted by molar-refractivity contribution is 0.102. The van der Waals surface area contributed by atoms with Crippen molar-refractivity contribution in [3.63, 3.8) is 0 Å². The molecular weight excluding hydrogens is 300 g/mol. The Morgan fingerprint density at radius 1 is 1.12 bits per heavy atom. The molecule has 4 rings (SSSR count). The normalized spacial score (nSPS) is 13.7. The van der Waals surface area contributed by atoms with E-state index < -0.39 is 0 Å². The molecule has 4 heteroatoms. The summed E-state index contributed by atoms with van der Waals surface area (Å²) in [6.45, 7) is 0. The van der Waals surface area contributed by atoms with Crippen LogP contribution in [0.15, 0.2) is 54.6 Å². The van der Waals surface area contributed by atoms with Crippen LogP contribution in [0.25, 0.3) is 10.9 Å². The molecule has 1 saturated carbocycles. The molecule has 24 heavy (non-hydrogen) atoms. The smallest absolute Gasteiger partial charge is 0.256 e. The summed E-state index contributed by atoms with van der Waals surface area (Å²) >= 11 is 0. The minimum atomic E-state index is -0.139. The Kier molecular flexibility index (Phi) is 3.65. The standard InChI is InChI=1S/C20H18N2O2/c1-24-19-9-5-4-8-17(19)22-20(23)15-12-18(13-10-11-13)21-16-7-3-2-6-14(15)16/h2-9,12-13H,10-11H2,1H3,(H,22,23). The summed E-state index contributed by atoms with van der Waals surface area (Å²) in [6, 6.07) is 17.1. The van der Waals surface area contributed by atoms with Crippen LogP contribution < -0.4 is 10.1 Å². The van der Waals surface area contributed by atoms with Crippen LogP contribution in [0.4, 0.5) is 5.69 Å². The zero-order valence-corrected chi connectivity index (χ0v) is 13.5. The van der Waals surface area contributed by atoms with Crippen molar-refractivity contribution in [2.45, 2.75) is 18.8 Å². The number of pyridine rings is 1. The van der Waals surface area contributed by atoms with Crippen LogP contribution in [0.5, 0.6) is 5.75 Å². The van der Waals surface area contributed by atoms with Crippen molar-refractivity contribution < 1.29 is 9.53 Å². The molecule has 120 valence electrons. The van der Waals surface area contributed by atoms with Crippen molar-refractivity contribution >= 4 is 22.5 Å². The third-order valence-electron chi connectivity index (χ3n) is 4.33. The molecule has 0 unspecified atom stereocenters. The number of hydrogen-bond acceptors (Lipinski definition) is 3. The lowest BCUT2D eigenvalue weighted by atomic mass is 10.1. The van der Waals surface area contributed by atoms with Crippen LogP contribution in [-0.2, 0) is 0 Å². The number of fused-ring (bicyclic) bond motifs is 1. The average molecular weight is 318 g/mol. The number of carbonyl (C=O) groups is 1. The topological polar surface area (TPSA) is 51.2 Å². The van der Waals surface area contributed by atoms with Gasteiger partial charge in [0.25, 0.3) is 5.91 Å². The highest BCUT2D eigenvalue weighted by molar-refractivity contribution is 6.12. The van der Waals surface area contributed by atoms with Crippen molar-refractivity contribution in [2.24, 2.45) is 0 Å². The summed E-state index contributed by atoms with van der Waals surface area (Å²) in [7, 11) is 1.60. The fourth-order valence-corrected chi connectivity index (χ4v) is 2.91. The van der Waals surface area contributed by atoms with Gasteiger partial charge in [-0.3, -0.25) is 9.78 Å². The third-order valence-corrected chi connectivity index (χ3v) is 4.33. The van der Waals surface area contributed by atoms with E-state index in [0.717, 1.165) is 29.4 Å². The zero-order chi connectivity index (χ0) is 16.5. The third kappa shape index (κ3) is 2.71. The number of ether oxygens (including phenoxy) is 1. The summed E-state index contributed by atoms with van der Waals surface area (Å²) in [4.78, 5) is 17.6. The van der Waals surface area contributed by atoms with Gasteiger partial charge in [-0.2, -0.15) is 0 Å². The van der Waals surface area contributed by atoms with Gasteiger partial charge in [0, 0.05) is 17.0 Å². The molecule has 4 nitrogen and oxygen atoms in total. The molecule has 2 aromatic carbocycles. The number of amides is 1. The predicted molar refractivity (Wildman–Crippen MR) is 94.7 cm³/mol. The monoisotopic (exact) mass is 318 g/mol. The lowest BCUT2D eigenvalue weighted by Crippen LogP contribution is -2.14. The molecular formula is C20H18N2O2. The second-order valence-corrected chi connectivity index (χ2v) is 6.04. The van der Waals surface area contributed by atoms with Crippen LogP contribution in [0.3, 0.4) is 0 Å². The first-order valence-corrected chi connectivity index (χ1v) is 8.10. The number of nitrogens with one attached hydrogen (secondary N) is 1. The lowest BCUT2D eigenvalue weighted by Gasteiger charge is -2.12. The van der Waals surface area contributed by atoms with Gasteiger partial charge in [-0.05, 0) is 37.1 Å². The molecule has 1 heterocycles. The molecule has 1 fully saturated rings. The number of methoxy groups -OCH3 is 1. The van der Waals surface area contributed by atoms with E-state index in [4.69, 9.17) is 9.72 Å². The van der Waals surface area contributed by atoms with Gasteiger partial charge in [-0.1, -0.05) is 30.3 Å². The molecule has 1 N–H and O–H groups in total. The Morgan fingerprint density at radius 2 is 1.88 bits per heavy atom. The van der Waals surface area contributed by atoms with Crippen LogP contribution in [-0.4, -0.2) is 18.0 Å². The van der Waals surface area contributed by atoms with Gasteiger partial charge in [0.15, 0.2) is 0 Å². The average Bonchev–Trinajstić information content (AvgIpc) is 3.46. The van der Waals surface area contributed by atoms with E-state index in [2.05, 4.69) is 5.32 Å². The molecule has 0 atom stereocenters. The maximum atomic E-state index is 12.9. The first kappa shape index (κ1) is 14.7. The highest BCUT2D eigenvalue weighted by Gasteiger charge is 2.27. The van der Waals surface area contributed by atoms with Crippen LogP contribution in [0.2, 0.25) is 0 Å². The van der Waals surface area contributed by atoms with E-state index in [-0.39, 0.29) is 5.91 Å². The molecule has 0 bridgehead atoms. The quantitative estimate of drug-likeness (QED) is 0.777. The Morgan fingerprint density at radius 3 is 2.67 bits per heavy atom. The first-order valence-electron chi connectivity index (χ1n) is 8.10. The Labute approximate surface area is 140 Å². The Hall–Kier alpha value is -2.88. The summed E-state index contributed by atoms with van der Waals surface area (Å²) in [5.41, 5.74) is 3.21. The Bertz CT molecular complexity index is 916. The summed E-state index contributed by atoms with van der Waals surface area (Å²) < 4.78 is 5.31. The molecule has 1 amide bonds. The maximum absolute atomic E-state index is 12.9. The van der Waals surface area contributed by atoms with E-state index in [0.29, 0.717) is 22.9 Å². The fourth-order valence-electron chi connectivity index (χ4n) is 2.91.